The van der Waals surface area contributed by atoms with Crippen LogP contribution < -0.4 is 14.8 Å². The lowest BCUT2D eigenvalue weighted by atomic mass is 10.2. The van der Waals surface area contributed by atoms with Gasteiger partial charge in [0.25, 0.3) is 5.91 Å². The van der Waals surface area contributed by atoms with Crippen molar-refractivity contribution < 1.29 is 14.3 Å². The van der Waals surface area contributed by atoms with Crippen LogP contribution in [-0.2, 0) is 6.61 Å². The van der Waals surface area contributed by atoms with Crippen LogP contribution >= 0.6 is 11.6 Å². The summed E-state index contributed by atoms with van der Waals surface area (Å²) >= 11 is 5.90. The van der Waals surface area contributed by atoms with E-state index >= 15 is 0 Å². The first kappa shape index (κ1) is 19.8. The number of hydrogen-bond acceptors (Lipinski definition) is 4. The molecule has 0 aliphatic rings. The molecule has 0 radical (unpaired) electrons. The summed E-state index contributed by atoms with van der Waals surface area (Å²) < 4.78 is 13.0. The quantitative estimate of drug-likeness (QED) is 0.610. The van der Waals surface area contributed by atoms with Crippen LogP contribution in [0.5, 0.6) is 11.5 Å². The van der Waals surface area contributed by atoms with E-state index in [4.69, 9.17) is 21.1 Å². The van der Waals surface area contributed by atoms with E-state index in [2.05, 4.69) is 10.4 Å². The minimum atomic E-state index is -0.245. The molecule has 7 heteroatoms. The van der Waals surface area contributed by atoms with Crippen molar-refractivity contribution in [2.24, 2.45) is 0 Å². The number of amides is 1. The Morgan fingerprint density at radius 2 is 1.89 bits per heavy atom. The van der Waals surface area contributed by atoms with Crippen molar-refractivity contribution in [3.8, 4) is 11.5 Å². The Kier molecular flexibility index (Phi) is 6.21. The Labute approximate surface area is 169 Å². The highest BCUT2D eigenvalue weighted by Gasteiger charge is 2.14. The van der Waals surface area contributed by atoms with Crippen molar-refractivity contribution in [1.82, 2.24) is 9.78 Å². The predicted octanol–water partition coefficient (Wildman–Crippen LogP) is 4.96. The van der Waals surface area contributed by atoms with Crippen LogP contribution in [-0.4, -0.2) is 22.8 Å². The Balaban J connectivity index is 1.72. The average Bonchev–Trinajstić information content (AvgIpc) is 3.15. The van der Waals surface area contributed by atoms with E-state index in [1.54, 1.807) is 42.3 Å². The highest BCUT2D eigenvalue weighted by atomic mass is 35.5. The molecule has 0 saturated heterocycles. The number of halogens is 1. The monoisotopic (exact) mass is 399 g/mol. The second kappa shape index (κ2) is 8.80. The normalized spacial score (nSPS) is 10.8. The van der Waals surface area contributed by atoms with E-state index in [1.165, 1.54) is 0 Å². The third-order valence-electron chi connectivity index (χ3n) is 4.13. The fourth-order valence-electron chi connectivity index (χ4n) is 2.68. The Morgan fingerprint density at radius 1 is 1.14 bits per heavy atom. The lowest BCUT2D eigenvalue weighted by Gasteiger charge is -2.14. The molecule has 0 fully saturated rings. The highest BCUT2D eigenvalue weighted by molar-refractivity contribution is 6.30. The molecule has 146 valence electrons. The number of nitrogens with one attached hydrogen (secondary N) is 1. The number of hydrogen-bond donors (Lipinski definition) is 1. The fourth-order valence-corrected chi connectivity index (χ4v) is 2.81. The van der Waals surface area contributed by atoms with Gasteiger partial charge in [0.1, 0.15) is 12.4 Å². The zero-order valence-electron chi connectivity index (χ0n) is 16.0. The van der Waals surface area contributed by atoms with E-state index in [-0.39, 0.29) is 11.9 Å². The summed E-state index contributed by atoms with van der Waals surface area (Å²) in [6, 6.07) is 14.4. The van der Waals surface area contributed by atoms with Gasteiger partial charge in [-0.25, -0.2) is 4.68 Å². The van der Waals surface area contributed by atoms with Crippen molar-refractivity contribution in [3.63, 3.8) is 0 Å². The molecule has 1 amide bonds. The van der Waals surface area contributed by atoms with Gasteiger partial charge in [0.15, 0.2) is 11.5 Å². The lowest BCUT2D eigenvalue weighted by Crippen LogP contribution is -2.16. The number of benzene rings is 2. The number of rotatable bonds is 7. The van der Waals surface area contributed by atoms with E-state index < -0.39 is 0 Å². The average molecular weight is 400 g/mol. The van der Waals surface area contributed by atoms with E-state index in [0.29, 0.717) is 34.5 Å². The predicted molar refractivity (Wildman–Crippen MR) is 109 cm³/mol. The number of carbonyl (C=O) groups is 1. The molecule has 0 spiro atoms. The minimum Gasteiger partial charge on any atom is -0.493 e. The van der Waals surface area contributed by atoms with Gasteiger partial charge in [-0.15, -0.1) is 0 Å². The van der Waals surface area contributed by atoms with Crippen molar-refractivity contribution in [2.75, 3.05) is 12.4 Å². The first-order valence-corrected chi connectivity index (χ1v) is 9.26. The molecule has 3 rings (SSSR count). The number of ether oxygens (including phenoxy) is 2. The van der Waals surface area contributed by atoms with Crippen LogP contribution in [0.2, 0.25) is 5.02 Å². The summed E-state index contributed by atoms with van der Waals surface area (Å²) in [5.74, 6) is 1.44. The molecule has 0 bridgehead atoms. The Bertz CT molecular complexity index is 952. The maximum absolute atomic E-state index is 12.6. The topological polar surface area (TPSA) is 65.4 Å². The Hall–Kier alpha value is -2.99. The van der Waals surface area contributed by atoms with Gasteiger partial charge >= 0.3 is 0 Å². The van der Waals surface area contributed by atoms with E-state index in [0.717, 1.165) is 5.56 Å². The van der Waals surface area contributed by atoms with Crippen LogP contribution in [0.4, 0.5) is 5.82 Å². The molecule has 28 heavy (non-hydrogen) atoms. The molecular weight excluding hydrogens is 378 g/mol. The number of carbonyl (C=O) groups excluding carboxylic acids is 1. The number of anilines is 1. The molecule has 2 aromatic carbocycles. The van der Waals surface area contributed by atoms with Gasteiger partial charge in [-0.05, 0) is 49.7 Å². The number of nitrogens with zero attached hydrogens (tertiary/aromatic N) is 2. The second-order valence-corrected chi connectivity index (χ2v) is 6.93. The molecular formula is C21H22ClN3O3. The van der Waals surface area contributed by atoms with Gasteiger partial charge in [0.05, 0.1) is 13.3 Å². The molecule has 0 aliphatic carbocycles. The smallest absolute Gasteiger partial charge is 0.256 e. The second-order valence-electron chi connectivity index (χ2n) is 6.49. The van der Waals surface area contributed by atoms with Crippen molar-refractivity contribution in [3.05, 3.63) is 70.9 Å². The summed E-state index contributed by atoms with van der Waals surface area (Å²) in [5.41, 5.74) is 1.45. The summed E-state index contributed by atoms with van der Waals surface area (Å²) in [7, 11) is 1.54. The van der Waals surface area contributed by atoms with Crippen LogP contribution in [0, 0.1) is 0 Å². The number of methoxy groups -OCH3 is 1. The molecule has 1 heterocycles. The van der Waals surface area contributed by atoms with Gasteiger partial charge in [-0.2, -0.15) is 5.10 Å². The molecule has 1 N–H and O–H groups in total. The molecule has 0 unspecified atom stereocenters. The zero-order valence-corrected chi connectivity index (χ0v) is 16.7. The van der Waals surface area contributed by atoms with Gasteiger partial charge in [0.2, 0.25) is 0 Å². The van der Waals surface area contributed by atoms with Crippen LogP contribution in [0.1, 0.15) is 35.8 Å². The Morgan fingerprint density at radius 3 is 2.57 bits per heavy atom. The van der Waals surface area contributed by atoms with E-state index in [1.807, 2.05) is 38.1 Å². The molecule has 0 saturated carbocycles. The lowest BCUT2D eigenvalue weighted by molar-refractivity contribution is 0.102. The van der Waals surface area contributed by atoms with Gasteiger partial charge < -0.3 is 14.8 Å². The fraction of sp³-hybridized carbons (Fsp3) is 0.238. The standard InChI is InChI=1S/C21H22ClN3O3/c1-14(2)25-20(10-11-23-25)24-21(26)16-6-9-18(19(12-16)27-3)28-13-15-4-7-17(22)8-5-15/h4-12,14H,13H2,1-3H3,(H,24,26). The largest absolute Gasteiger partial charge is 0.493 e. The summed E-state index contributed by atoms with van der Waals surface area (Å²) in [4.78, 5) is 12.6. The molecule has 1 aromatic heterocycles. The van der Waals surface area contributed by atoms with Crippen molar-refractivity contribution >= 4 is 23.3 Å². The zero-order chi connectivity index (χ0) is 20.1. The molecule has 6 nitrogen and oxygen atoms in total. The van der Waals surface area contributed by atoms with Crippen LogP contribution in [0.3, 0.4) is 0 Å². The van der Waals surface area contributed by atoms with Crippen LogP contribution in [0.25, 0.3) is 0 Å². The maximum atomic E-state index is 12.6. The highest BCUT2D eigenvalue weighted by Crippen LogP contribution is 2.29. The van der Waals surface area contributed by atoms with Crippen molar-refractivity contribution in [2.45, 2.75) is 26.5 Å². The first-order chi connectivity index (χ1) is 13.5. The summed E-state index contributed by atoms with van der Waals surface area (Å²) in [6.45, 7) is 4.36. The van der Waals surface area contributed by atoms with Crippen molar-refractivity contribution in [1.29, 1.82) is 0 Å². The van der Waals surface area contributed by atoms with Gasteiger partial charge in [-0.1, -0.05) is 23.7 Å². The molecule has 3 aromatic rings. The maximum Gasteiger partial charge on any atom is 0.256 e. The molecule has 0 aliphatic heterocycles. The van der Waals surface area contributed by atoms with Gasteiger partial charge in [0, 0.05) is 22.7 Å². The SMILES string of the molecule is COc1cc(C(=O)Nc2ccnn2C(C)C)ccc1OCc1ccc(Cl)cc1. The first-order valence-electron chi connectivity index (χ1n) is 8.88. The minimum absolute atomic E-state index is 0.142. The summed E-state index contributed by atoms with van der Waals surface area (Å²) in [5, 5.41) is 7.77. The third kappa shape index (κ3) is 4.64. The van der Waals surface area contributed by atoms with E-state index in [9.17, 15) is 4.79 Å². The van der Waals surface area contributed by atoms with Crippen LogP contribution in [0.15, 0.2) is 54.7 Å². The summed E-state index contributed by atoms with van der Waals surface area (Å²) in [6.07, 6.45) is 1.66. The number of aromatic nitrogens is 2. The molecule has 0 atom stereocenters. The van der Waals surface area contributed by atoms with Gasteiger partial charge in [-0.3, -0.25) is 4.79 Å². The third-order valence-corrected chi connectivity index (χ3v) is 4.39.